The second-order valence-corrected chi connectivity index (χ2v) is 6.97. The Balaban J connectivity index is 1.36. The van der Waals surface area contributed by atoms with E-state index in [0.717, 1.165) is 31.2 Å². The van der Waals surface area contributed by atoms with Crippen molar-refractivity contribution in [3.63, 3.8) is 0 Å². The summed E-state index contributed by atoms with van der Waals surface area (Å²) in [5, 5.41) is 5.76. The van der Waals surface area contributed by atoms with Gasteiger partial charge in [-0.1, -0.05) is 60.7 Å². The van der Waals surface area contributed by atoms with Crippen molar-refractivity contribution in [1.29, 1.82) is 0 Å². The van der Waals surface area contributed by atoms with Gasteiger partial charge in [0.25, 0.3) is 0 Å². The maximum Gasteiger partial charge on any atom is 0.239 e. The van der Waals surface area contributed by atoms with Crippen LogP contribution in [-0.2, 0) is 16.0 Å². The zero-order valence-corrected chi connectivity index (χ0v) is 15.0. The topological polar surface area (TPSA) is 58.2 Å². The van der Waals surface area contributed by atoms with Gasteiger partial charge in [0, 0.05) is 6.04 Å². The van der Waals surface area contributed by atoms with E-state index in [9.17, 15) is 9.59 Å². The molecule has 1 saturated carbocycles. The number of hydrogen-bond acceptors (Lipinski definition) is 2. The monoisotopic (exact) mass is 350 g/mol. The first kappa shape index (κ1) is 18.2. The van der Waals surface area contributed by atoms with Gasteiger partial charge in [-0.2, -0.15) is 0 Å². The number of hydrogen-bond donors (Lipinski definition) is 2. The smallest absolute Gasteiger partial charge is 0.239 e. The maximum atomic E-state index is 12.1. The normalized spacial score (nSPS) is 19.5. The summed E-state index contributed by atoms with van der Waals surface area (Å²) in [6.45, 7) is 0.0459. The molecular weight excluding hydrogens is 324 g/mol. The molecule has 2 N–H and O–H groups in total. The Kier molecular flexibility index (Phi) is 6.42. The van der Waals surface area contributed by atoms with Gasteiger partial charge in [0.15, 0.2) is 0 Å². The number of carbonyl (C=O) groups is 2. The molecule has 136 valence electrons. The van der Waals surface area contributed by atoms with E-state index in [4.69, 9.17) is 0 Å². The molecule has 0 bridgehead atoms. The highest BCUT2D eigenvalue weighted by atomic mass is 16.2. The summed E-state index contributed by atoms with van der Waals surface area (Å²) >= 11 is 0. The minimum absolute atomic E-state index is 0.0459. The Morgan fingerprint density at radius 2 is 1.42 bits per heavy atom. The van der Waals surface area contributed by atoms with Crippen LogP contribution in [0.4, 0.5) is 0 Å². The third-order valence-corrected chi connectivity index (χ3v) is 5.02. The number of amides is 2. The van der Waals surface area contributed by atoms with Crippen LogP contribution in [0.2, 0.25) is 0 Å². The van der Waals surface area contributed by atoms with Gasteiger partial charge < -0.3 is 10.6 Å². The average molecular weight is 350 g/mol. The molecule has 2 amide bonds. The highest BCUT2D eigenvalue weighted by Crippen LogP contribution is 2.32. The lowest BCUT2D eigenvalue weighted by Crippen LogP contribution is -2.43. The minimum atomic E-state index is -0.126. The van der Waals surface area contributed by atoms with E-state index in [-0.39, 0.29) is 24.4 Å². The Hall–Kier alpha value is -2.62. The lowest BCUT2D eigenvalue weighted by atomic mass is 9.82. The maximum absolute atomic E-state index is 12.1. The van der Waals surface area contributed by atoms with Gasteiger partial charge in [-0.05, 0) is 42.7 Å². The number of nitrogens with one attached hydrogen (secondary N) is 2. The molecular formula is C22H26N2O2. The highest BCUT2D eigenvalue weighted by Gasteiger charge is 2.23. The molecule has 4 heteroatoms. The Morgan fingerprint density at radius 1 is 0.808 bits per heavy atom. The summed E-state index contributed by atoms with van der Waals surface area (Å²) in [6.07, 6.45) is 4.47. The molecule has 4 nitrogen and oxygen atoms in total. The van der Waals surface area contributed by atoms with Crippen molar-refractivity contribution >= 4 is 11.8 Å². The first-order chi connectivity index (χ1) is 12.7. The van der Waals surface area contributed by atoms with Crippen LogP contribution >= 0.6 is 0 Å². The molecule has 0 atom stereocenters. The summed E-state index contributed by atoms with van der Waals surface area (Å²) in [7, 11) is 0. The SMILES string of the molecule is O=C(Cc1ccccc1)NCC(=O)NC1CCC(c2ccccc2)CC1. The van der Waals surface area contributed by atoms with E-state index in [1.807, 2.05) is 36.4 Å². The number of carbonyl (C=O) groups excluding carboxylic acids is 2. The molecule has 2 aromatic carbocycles. The second kappa shape index (κ2) is 9.18. The van der Waals surface area contributed by atoms with Gasteiger partial charge in [-0.3, -0.25) is 9.59 Å². The Labute approximate surface area is 155 Å². The molecule has 0 radical (unpaired) electrons. The van der Waals surface area contributed by atoms with Gasteiger partial charge in [-0.15, -0.1) is 0 Å². The number of benzene rings is 2. The van der Waals surface area contributed by atoms with E-state index < -0.39 is 0 Å². The van der Waals surface area contributed by atoms with Crippen LogP contribution in [0, 0.1) is 0 Å². The molecule has 0 unspecified atom stereocenters. The molecule has 1 aliphatic rings. The van der Waals surface area contributed by atoms with Gasteiger partial charge in [0.1, 0.15) is 0 Å². The van der Waals surface area contributed by atoms with Crippen LogP contribution in [0.5, 0.6) is 0 Å². The highest BCUT2D eigenvalue weighted by molar-refractivity contribution is 5.85. The predicted octanol–water partition coefficient (Wildman–Crippen LogP) is 3.19. The van der Waals surface area contributed by atoms with Gasteiger partial charge in [0.2, 0.25) is 11.8 Å². The van der Waals surface area contributed by atoms with Crippen LogP contribution in [0.15, 0.2) is 60.7 Å². The van der Waals surface area contributed by atoms with Crippen LogP contribution < -0.4 is 10.6 Å². The fourth-order valence-corrected chi connectivity index (χ4v) is 3.60. The third kappa shape index (κ3) is 5.45. The number of rotatable bonds is 6. The zero-order chi connectivity index (χ0) is 18.2. The van der Waals surface area contributed by atoms with E-state index in [2.05, 4.69) is 34.9 Å². The molecule has 2 aromatic rings. The molecule has 0 saturated heterocycles. The van der Waals surface area contributed by atoms with Crippen molar-refractivity contribution in [3.05, 3.63) is 71.8 Å². The summed E-state index contributed by atoms with van der Waals surface area (Å²) in [4.78, 5) is 24.0. The van der Waals surface area contributed by atoms with Crippen LogP contribution in [0.3, 0.4) is 0 Å². The van der Waals surface area contributed by atoms with Crippen molar-refractivity contribution in [1.82, 2.24) is 10.6 Å². The van der Waals surface area contributed by atoms with Gasteiger partial charge in [0.05, 0.1) is 13.0 Å². The lowest BCUT2D eigenvalue weighted by molar-refractivity contribution is -0.126. The van der Waals surface area contributed by atoms with Crippen molar-refractivity contribution in [2.45, 2.75) is 44.1 Å². The van der Waals surface area contributed by atoms with E-state index >= 15 is 0 Å². The van der Waals surface area contributed by atoms with Gasteiger partial charge >= 0.3 is 0 Å². The fraction of sp³-hybridized carbons (Fsp3) is 0.364. The van der Waals surface area contributed by atoms with E-state index in [1.165, 1.54) is 5.56 Å². The Morgan fingerprint density at radius 3 is 2.08 bits per heavy atom. The molecule has 0 aromatic heterocycles. The molecule has 3 rings (SSSR count). The zero-order valence-electron chi connectivity index (χ0n) is 15.0. The first-order valence-corrected chi connectivity index (χ1v) is 9.35. The Bertz CT molecular complexity index is 707. The van der Waals surface area contributed by atoms with Crippen molar-refractivity contribution in [3.8, 4) is 0 Å². The van der Waals surface area contributed by atoms with Crippen LogP contribution in [-0.4, -0.2) is 24.4 Å². The first-order valence-electron chi connectivity index (χ1n) is 9.35. The van der Waals surface area contributed by atoms with E-state index in [1.54, 1.807) is 0 Å². The molecule has 0 spiro atoms. The van der Waals surface area contributed by atoms with Crippen molar-refractivity contribution < 1.29 is 9.59 Å². The molecule has 0 aliphatic heterocycles. The average Bonchev–Trinajstić information content (AvgIpc) is 2.68. The summed E-state index contributed by atoms with van der Waals surface area (Å²) in [6, 6.07) is 20.3. The quantitative estimate of drug-likeness (QED) is 0.841. The summed E-state index contributed by atoms with van der Waals surface area (Å²) < 4.78 is 0. The lowest BCUT2D eigenvalue weighted by Gasteiger charge is -2.29. The van der Waals surface area contributed by atoms with Crippen molar-refractivity contribution in [2.24, 2.45) is 0 Å². The van der Waals surface area contributed by atoms with Crippen LogP contribution in [0.25, 0.3) is 0 Å². The molecule has 26 heavy (non-hydrogen) atoms. The van der Waals surface area contributed by atoms with Gasteiger partial charge in [-0.25, -0.2) is 0 Å². The van der Waals surface area contributed by atoms with Crippen LogP contribution in [0.1, 0.15) is 42.7 Å². The largest absolute Gasteiger partial charge is 0.352 e. The fourth-order valence-electron chi connectivity index (χ4n) is 3.60. The molecule has 1 fully saturated rings. The molecule has 0 heterocycles. The minimum Gasteiger partial charge on any atom is -0.352 e. The summed E-state index contributed by atoms with van der Waals surface area (Å²) in [5.74, 6) is 0.364. The second-order valence-electron chi connectivity index (χ2n) is 6.97. The van der Waals surface area contributed by atoms with Crippen molar-refractivity contribution in [2.75, 3.05) is 6.54 Å². The molecule has 1 aliphatic carbocycles. The summed E-state index contributed by atoms with van der Waals surface area (Å²) in [5.41, 5.74) is 2.34. The third-order valence-electron chi connectivity index (χ3n) is 5.02. The standard InChI is InChI=1S/C22H26N2O2/c25-21(15-17-7-3-1-4-8-17)23-16-22(26)24-20-13-11-19(12-14-20)18-9-5-2-6-10-18/h1-10,19-20H,11-16H2,(H,23,25)(H,24,26). The van der Waals surface area contributed by atoms with E-state index in [0.29, 0.717) is 12.3 Å². The predicted molar refractivity (Wildman–Crippen MR) is 103 cm³/mol.